The third-order valence-corrected chi connectivity index (χ3v) is 6.42. The normalized spacial score (nSPS) is 14.2. The molecule has 5 nitrogen and oxygen atoms in total. The van der Waals surface area contributed by atoms with Crippen LogP contribution in [0.4, 0.5) is 5.69 Å². The number of aromatic nitrogens is 2. The fourth-order valence-electron chi connectivity index (χ4n) is 3.75. The zero-order chi connectivity index (χ0) is 20.4. The number of para-hydroxylation sites is 2. The number of rotatable bonds is 6. The maximum atomic E-state index is 13.2. The third kappa shape index (κ3) is 3.81. The van der Waals surface area contributed by atoms with E-state index in [4.69, 9.17) is 4.98 Å². The van der Waals surface area contributed by atoms with Gasteiger partial charge >= 0.3 is 0 Å². The van der Waals surface area contributed by atoms with Gasteiger partial charge in [-0.05, 0) is 43.5 Å². The molecule has 1 aliphatic heterocycles. The summed E-state index contributed by atoms with van der Waals surface area (Å²) in [5, 5.41) is 0.915. The molecule has 0 saturated heterocycles. The molecule has 2 aromatic carbocycles. The smallest absolute Gasteiger partial charge is 0.262 e. The summed E-state index contributed by atoms with van der Waals surface area (Å²) in [6.07, 6.45) is 2.77. The van der Waals surface area contributed by atoms with E-state index in [1.165, 1.54) is 17.3 Å². The van der Waals surface area contributed by atoms with Crippen molar-refractivity contribution in [2.24, 2.45) is 0 Å². The molecule has 2 heterocycles. The van der Waals surface area contributed by atoms with E-state index in [2.05, 4.69) is 13.0 Å². The fourth-order valence-corrected chi connectivity index (χ4v) is 4.74. The molecule has 0 aliphatic carbocycles. The molecule has 6 heteroatoms. The molecule has 150 valence electrons. The average molecular weight is 408 g/mol. The Kier molecular flexibility index (Phi) is 5.72. The summed E-state index contributed by atoms with van der Waals surface area (Å²) >= 11 is 1.38. The second kappa shape index (κ2) is 8.41. The molecule has 0 fully saturated rings. The largest absolute Gasteiger partial charge is 0.311 e. The number of nitrogens with zero attached hydrogens (tertiary/aromatic N) is 3. The van der Waals surface area contributed by atoms with Crippen molar-refractivity contribution in [3.05, 3.63) is 64.4 Å². The molecule has 3 aromatic rings. The van der Waals surface area contributed by atoms with Gasteiger partial charge in [-0.25, -0.2) is 4.98 Å². The number of benzene rings is 2. The number of carbonyl (C=O) groups is 1. The summed E-state index contributed by atoms with van der Waals surface area (Å²) in [4.78, 5) is 32.8. The highest BCUT2D eigenvalue weighted by atomic mass is 32.2. The number of carbonyl (C=O) groups excluding carboxylic acids is 1. The van der Waals surface area contributed by atoms with Crippen LogP contribution in [-0.2, 0) is 17.8 Å². The Balaban J connectivity index is 1.64. The Bertz CT molecular complexity index is 1110. The van der Waals surface area contributed by atoms with Gasteiger partial charge in [0.15, 0.2) is 5.16 Å². The van der Waals surface area contributed by atoms with Crippen molar-refractivity contribution in [2.75, 3.05) is 11.4 Å². The minimum absolute atomic E-state index is 0.0299. The molecule has 4 rings (SSSR count). The number of anilines is 1. The van der Waals surface area contributed by atoms with E-state index < -0.39 is 0 Å². The van der Waals surface area contributed by atoms with Crippen molar-refractivity contribution < 1.29 is 4.79 Å². The number of fused-ring (bicyclic) bond motifs is 2. The summed E-state index contributed by atoms with van der Waals surface area (Å²) < 4.78 is 1.73. The number of thioether (sulfide) groups is 1. The zero-order valence-electron chi connectivity index (χ0n) is 16.8. The van der Waals surface area contributed by atoms with Gasteiger partial charge in [0, 0.05) is 18.8 Å². The van der Waals surface area contributed by atoms with Crippen LogP contribution in [0.5, 0.6) is 0 Å². The van der Waals surface area contributed by atoms with Crippen molar-refractivity contribution in [3.63, 3.8) is 0 Å². The van der Waals surface area contributed by atoms with Gasteiger partial charge in [0.2, 0.25) is 5.91 Å². The van der Waals surface area contributed by atoms with Gasteiger partial charge in [-0.3, -0.25) is 14.2 Å². The Morgan fingerprint density at radius 2 is 1.93 bits per heavy atom. The molecule has 0 bridgehead atoms. The van der Waals surface area contributed by atoms with E-state index in [1.54, 1.807) is 4.57 Å². The Hall–Kier alpha value is -2.60. The average Bonchev–Trinajstić information content (AvgIpc) is 3.17. The summed E-state index contributed by atoms with van der Waals surface area (Å²) in [5.74, 6) is 0.0596. The lowest BCUT2D eigenvalue weighted by atomic mass is 10.2. The van der Waals surface area contributed by atoms with Crippen LogP contribution in [0.15, 0.2) is 58.5 Å². The molecule has 29 heavy (non-hydrogen) atoms. The first-order chi connectivity index (χ1) is 14.1. The monoisotopic (exact) mass is 407 g/mol. The van der Waals surface area contributed by atoms with E-state index in [0.29, 0.717) is 29.1 Å². The van der Waals surface area contributed by atoms with Crippen LogP contribution in [0.1, 0.15) is 32.3 Å². The molecular weight excluding hydrogens is 382 g/mol. The Morgan fingerprint density at radius 3 is 2.76 bits per heavy atom. The molecular formula is C23H25N3O2S. The molecule has 0 unspecified atom stereocenters. The summed E-state index contributed by atoms with van der Waals surface area (Å²) in [6, 6.07) is 15.5. The summed E-state index contributed by atoms with van der Waals surface area (Å²) in [5.41, 5.74) is 2.86. The lowest BCUT2D eigenvalue weighted by molar-refractivity contribution is -0.117. The van der Waals surface area contributed by atoms with E-state index in [0.717, 1.165) is 24.9 Å². The second-order valence-corrected chi connectivity index (χ2v) is 8.66. The van der Waals surface area contributed by atoms with Crippen molar-refractivity contribution in [3.8, 4) is 0 Å². The van der Waals surface area contributed by atoms with Crippen LogP contribution in [0.25, 0.3) is 10.9 Å². The molecule has 0 radical (unpaired) electrons. The fraction of sp³-hybridized carbons (Fsp3) is 0.348. The quantitative estimate of drug-likeness (QED) is 0.452. The first-order valence-corrected chi connectivity index (χ1v) is 11.0. The number of hydrogen-bond donors (Lipinski definition) is 0. The van der Waals surface area contributed by atoms with Crippen molar-refractivity contribution in [2.45, 2.75) is 50.1 Å². The minimum atomic E-state index is -0.331. The highest BCUT2D eigenvalue weighted by Gasteiger charge is 2.29. The summed E-state index contributed by atoms with van der Waals surface area (Å²) in [6.45, 7) is 5.32. The highest BCUT2D eigenvalue weighted by molar-refractivity contribution is 8.00. The Labute approximate surface area is 174 Å². The lowest BCUT2D eigenvalue weighted by Gasteiger charge is -2.22. The van der Waals surface area contributed by atoms with Crippen molar-refractivity contribution >= 4 is 34.3 Å². The lowest BCUT2D eigenvalue weighted by Crippen LogP contribution is -2.35. The van der Waals surface area contributed by atoms with Gasteiger partial charge in [0.05, 0.1) is 16.2 Å². The number of hydrogen-bond acceptors (Lipinski definition) is 4. The zero-order valence-corrected chi connectivity index (χ0v) is 17.6. The molecule has 0 N–H and O–H groups in total. The van der Waals surface area contributed by atoms with Crippen molar-refractivity contribution in [1.82, 2.24) is 9.55 Å². The van der Waals surface area contributed by atoms with Gasteiger partial charge in [-0.1, -0.05) is 55.4 Å². The molecule has 0 spiro atoms. The standard InChI is InChI=1S/C23H25N3O2S/c1-3-4-14-26-22(28)18-10-6-7-11-19(18)24-23(26)29-16(2)21(27)25-15-13-17-9-5-8-12-20(17)25/h5-12,16H,3-4,13-15H2,1-2H3/t16-/m1/s1. The first-order valence-electron chi connectivity index (χ1n) is 10.2. The minimum Gasteiger partial charge on any atom is -0.311 e. The first kappa shape index (κ1) is 19.7. The van der Waals surface area contributed by atoms with Crippen LogP contribution in [-0.4, -0.2) is 27.3 Å². The predicted octanol–water partition coefficient (Wildman–Crippen LogP) is 4.27. The van der Waals surface area contributed by atoms with E-state index in [-0.39, 0.29) is 16.7 Å². The van der Waals surface area contributed by atoms with Gasteiger partial charge < -0.3 is 4.90 Å². The highest BCUT2D eigenvalue weighted by Crippen LogP contribution is 2.31. The van der Waals surface area contributed by atoms with E-state index >= 15 is 0 Å². The predicted molar refractivity (Wildman–Crippen MR) is 119 cm³/mol. The van der Waals surface area contributed by atoms with Crippen LogP contribution in [0.2, 0.25) is 0 Å². The third-order valence-electron chi connectivity index (χ3n) is 5.35. The number of amides is 1. The molecule has 1 aliphatic rings. The molecule has 1 amide bonds. The van der Waals surface area contributed by atoms with Crippen molar-refractivity contribution in [1.29, 1.82) is 0 Å². The maximum absolute atomic E-state index is 13.2. The second-order valence-electron chi connectivity index (χ2n) is 7.35. The van der Waals surface area contributed by atoms with E-state index in [1.807, 2.05) is 54.3 Å². The summed E-state index contributed by atoms with van der Waals surface area (Å²) in [7, 11) is 0. The number of unbranched alkanes of at least 4 members (excludes halogenated alkanes) is 1. The van der Waals surface area contributed by atoms with Crippen LogP contribution < -0.4 is 10.5 Å². The van der Waals surface area contributed by atoms with Crippen LogP contribution in [0.3, 0.4) is 0 Å². The van der Waals surface area contributed by atoms with Gasteiger partial charge in [-0.2, -0.15) is 0 Å². The van der Waals surface area contributed by atoms with Gasteiger partial charge in [-0.15, -0.1) is 0 Å². The molecule has 1 aromatic heterocycles. The van der Waals surface area contributed by atoms with Gasteiger partial charge in [0.1, 0.15) is 0 Å². The topological polar surface area (TPSA) is 55.2 Å². The molecule has 0 saturated carbocycles. The molecule has 1 atom stereocenters. The Morgan fingerprint density at radius 1 is 1.17 bits per heavy atom. The SMILES string of the molecule is CCCCn1c(S[C@H](C)C(=O)N2CCc3ccccc32)nc2ccccc2c1=O. The maximum Gasteiger partial charge on any atom is 0.262 e. The van der Waals surface area contributed by atoms with E-state index in [9.17, 15) is 9.59 Å². The van der Waals surface area contributed by atoms with Gasteiger partial charge in [0.25, 0.3) is 5.56 Å². The van der Waals surface area contributed by atoms with Crippen LogP contribution >= 0.6 is 11.8 Å². The van der Waals surface area contributed by atoms with Crippen LogP contribution in [0, 0.1) is 0 Å².